The molecule has 0 aromatic heterocycles. The molecule has 0 aliphatic rings. The van der Waals surface area contributed by atoms with Crippen LogP contribution in [0.1, 0.15) is 18.1 Å². The van der Waals surface area contributed by atoms with Crippen LogP contribution in [-0.2, 0) is 16.0 Å². The van der Waals surface area contributed by atoms with E-state index >= 15 is 0 Å². The third kappa shape index (κ3) is 3.08. The molecule has 0 bridgehead atoms. The van der Waals surface area contributed by atoms with Crippen molar-refractivity contribution < 1.29 is 14.7 Å². The van der Waals surface area contributed by atoms with Gasteiger partial charge in [-0.2, -0.15) is 0 Å². The number of esters is 1. The zero-order chi connectivity index (χ0) is 12.0. The van der Waals surface area contributed by atoms with Crippen molar-refractivity contribution in [3.05, 3.63) is 35.4 Å². The van der Waals surface area contributed by atoms with Crippen molar-refractivity contribution in [1.29, 1.82) is 0 Å². The van der Waals surface area contributed by atoms with Crippen molar-refractivity contribution in [3.8, 4) is 0 Å². The molecule has 1 aromatic carbocycles. The molecule has 0 heterocycles. The summed E-state index contributed by atoms with van der Waals surface area (Å²) in [5, 5.41) is 11.7. The number of benzene rings is 1. The first-order chi connectivity index (χ1) is 7.69. The van der Waals surface area contributed by atoms with Crippen molar-refractivity contribution in [1.82, 2.24) is 0 Å². The van der Waals surface area contributed by atoms with Gasteiger partial charge >= 0.3 is 5.97 Å². The van der Waals surface area contributed by atoms with Crippen LogP contribution in [-0.4, -0.2) is 23.5 Å². The Kier molecular flexibility index (Phi) is 4.51. The molecule has 0 unspecified atom stereocenters. The highest BCUT2D eigenvalue weighted by atomic mass is 16.5. The van der Waals surface area contributed by atoms with E-state index in [9.17, 15) is 4.79 Å². The molecule has 86 valence electrons. The van der Waals surface area contributed by atoms with E-state index in [4.69, 9.17) is 9.94 Å². The summed E-state index contributed by atoms with van der Waals surface area (Å²) in [7, 11) is 0. The van der Waals surface area contributed by atoms with Gasteiger partial charge in [-0.15, -0.1) is 0 Å². The average molecular weight is 221 g/mol. The minimum absolute atomic E-state index is 0.0242. The number of hydrogen-bond donors (Lipinski definition) is 1. The van der Waals surface area contributed by atoms with Gasteiger partial charge in [0, 0.05) is 6.42 Å². The quantitative estimate of drug-likeness (QED) is 0.366. The van der Waals surface area contributed by atoms with Crippen molar-refractivity contribution in [2.45, 2.75) is 20.3 Å². The molecular weight excluding hydrogens is 206 g/mol. The van der Waals surface area contributed by atoms with Gasteiger partial charge in [0.1, 0.15) is 0 Å². The van der Waals surface area contributed by atoms with Gasteiger partial charge in [0.2, 0.25) is 0 Å². The molecule has 16 heavy (non-hydrogen) atoms. The van der Waals surface area contributed by atoms with Gasteiger partial charge in [-0.05, 0) is 25.0 Å². The Morgan fingerprint density at radius 1 is 1.44 bits per heavy atom. The number of nitrogens with zero attached hydrogens (tertiary/aromatic N) is 1. The Labute approximate surface area is 94.5 Å². The zero-order valence-electron chi connectivity index (χ0n) is 9.43. The van der Waals surface area contributed by atoms with Crippen molar-refractivity contribution in [2.24, 2.45) is 5.16 Å². The summed E-state index contributed by atoms with van der Waals surface area (Å²) in [5.41, 5.74) is 2.02. The zero-order valence-corrected chi connectivity index (χ0v) is 9.43. The fraction of sp³-hybridized carbons (Fsp3) is 0.333. The second-order valence-electron chi connectivity index (χ2n) is 3.37. The van der Waals surface area contributed by atoms with Crippen molar-refractivity contribution in [2.75, 3.05) is 6.61 Å². The largest absolute Gasteiger partial charge is 0.461 e. The molecule has 0 atom stereocenters. The topological polar surface area (TPSA) is 58.9 Å². The van der Waals surface area contributed by atoms with Crippen LogP contribution in [0.2, 0.25) is 0 Å². The third-order valence-corrected chi connectivity index (χ3v) is 2.25. The highest BCUT2D eigenvalue weighted by molar-refractivity contribution is 6.36. The van der Waals surface area contributed by atoms with E-state index in [1.807, 2.05) is 31.2 Å². The van der Waals surface area contributed by atoms with Crippen LogP contribution in [0.25, 0.3) is 0 Å². The first-order valence-corrected chi connectivity index (χ1v) is 5.11. The molecule has 1 aromatic rings. The summed E-state index contributed by atoms with van der Waals surface area (Å²) >= 11 is 0. The van der Waals surface area contributed by atoms with Gasteiger partial charge in [0.25, 0.3) is 0 Å². The normalized spacial score (nSPS) is 11.2. The minimum atomic E-state index is -0.576. The van der Waals surface area contributed by atoms with Gasteiger partial charge in [-0.25, -0.2) is 4.79 Å². The highest BCUT2D eigenvalue weighted by Gasteiger charge is 2.14. The first kappa shape index (κ1) is 12.2. The standard InChI is InChI=1S/C12H15NO3/c1-3-16-12(14)11(13-15)8-10-7-5-4-6-9(10)2/h4-7,15H,3,8H2,1-2H3. The molecule has 4 heteroatoms. The Bertz CT molecular complexity index is 399. The Hall–Kier alpha value is -1.84. The lowest BCUT2D eigenvalue weighted by molar-refractivity contribution is -0.135. The smallest absolute Gasteiger partial charge is 0.356 e. The second-order valence-corrected chi connectivity index (χ2v) is 3.37. The third-order valence-electron chi connectivity index (χ3n) is 2.25. The fourth-order valence-corrected chi connectivity index (χ4v) is 1.35. The predicted octanol–water partition coefficient (Wildman–Crippen LogP) is 1.93. The van der Waals surface area contributed by atoms with Crippen LogP contribution in [0, 0.1) is 6.92 Å². The summed E-state index contributed by atoms with van der Waals surface area (Å²) in [6.07, 6.45) is 0.280. The van der Waals surface area contributed by atoms with Crippen LogP contribution in [0.5, 0.6) is 0 Å². The molecule has 0 aliphatic heterocycles. The maximum absolute atomic E-state index is 11.4. The number of ether oxygens (including phenoxy) is 1. The Morgan fingerprint density at radius 3 is 2.69 bits per heavy atom. The molecule has 0 saturated carbocycles. The van der Waals surface area contributed by atoms with E-state index < -0.39 is 5.97 Å². The molecule has 0 radical (unpaired) electrons. The molecule has 1 N–H and O–H groups in total. The molecule has 0 spiro atoms. The summed E-state index contributed by atoms with van der Waals surface area (Å²) in [6.45, 7) is 3.92. The number of rotatable bonds is 4. The van der Waals surface area contributed by atoms with Crippen LogP contribution in [0.3, 0.4) is 0 Å². The Balaban J connectivity index is 2.79. The Morgan fingerprint density at radius 2 is 2.12 bits per heavy atom. The maximum atomic E-state index is 11.4. The second kappa shape index (κ2) is 5.90. The minimum Gasteiger partial charge on any atom is -0.461 e. The number of carbonyl (C=O) groups excluding carboxylic acids is 1. The predicted molar refractivity (Wildman–Crippen MR) is 60.7 cm³/mol. The van der Waals surface area contributed by atoms with E-state index in [0.717, 1.165) is 11.1 Å². The van der Waals surface area contributed by atoms with E-state index in [1.165, 1.54) is 0 Å². The molecule has 0 saturated heterocycles. The van der Waals surface area contributed by atoms with Gasteiger partial charge in [-0.3, -0.25) is 0 Å². The van der Waals surface area contributed by atoms with Gasteiger partial charge in [-0.1, -0.05) is 29.4 Å². The average Bonchev–Trinajstić information content (AvgIpc) is 2.28. The van der Waals surface area contributed by atoms with Gasteiger partial charge in [0.15, 0.2) is 5.71 Å². The monoisotopic (exact) mass is 221 g/mol. The summed E-state index contributed by atoms with van der Waals surface area (Å²) < 4.78 is 4.78. The van der Waals surface area contributed by atoms with Gasteiger partial charge in [0.05, 0.1) is 6.61 Å². The molecule has 1 rings (SSSR count). The van der Waals surface area contributed by atoms with E-state index in [2.05, 4.69) is 5.16 Å². The lowest BCUT2D eigenvalue weighted by Crippen LogP contribution is -2.20. The van der Waals surface area contributed by atoms with Crippen LogP contribution >= 0.6 is 0 Å². The number of oxime groups is 1. The number of aryl methyl sites for hydroxylation is 1. The van der Waals surface area contributed by atoms with Crippen LogP contribution in [0.4, 0.5) is 0 Å². The van der Waals surface area contributed by atoms with Crippen LogP contribution < -0.4 is 0 Å². The number of carbonyl (C=O) groups is 1. The first-order valence-electron chi connectivity index (χ1n) is 5.11. The van der Waals surface area contributed by atoms with Gasteiger partial charge < -0.3 is 9.94 Å². The van der Waals surface area contributed by atoms with Crippen LogP contribution in [0.15, 0.2) is 29.4 Å². The molecular formula is C12H15NO3. The lowest BCUT2D eigenvalue weighted by atomic mass is 10.0. The molecule has 4 nitrogen and oxygen atoms in total. The van der Waals surface area contributed by atoms with Crippen molar-refractivity contribution >= 4 is 11.7 Å². The summed E-state index contributed by atoms with van der Waals surface area (Å²) in [5.74, 6) is -0.576. The lowest BCUT2D eigenvalue weighted by Gasteiger charge is -2.06. The number of hydrogen-bond acceptors (Lipinski definition) is 4. The van der Waals surface area contributed by atoms with E-state index in [1.54, 1.807) is 6.92 Å². The molecule has 0 aliphatic carbocycles. The van der Waals surface area contributed by atoms with E-state index in [0.29, 0.717) is 0 Å². The fourth-order valence-electron chi connectivity index (χ4n) is 1.35. The summed E-state index contributed by atoms with van der Waals surface area (Å²) in [4.78, 5) is 11.4. The SMILES string of the molecule is CCOC(=O)C(Cc1ccccc1C)=NO. The highest BCUT2D eigenvalue weighted by Crippen LogP contribution is 2.09. The van der Waals surface area contributed by atoms with Crippen molar-refractivity contribution in [3.63, 3.8) is 0 Å². The van der Waals surface area contributed by atoms with E-state index in [-0.39, 0.29) is 18.7 Å². The molecule has 0 amide bonds. The maximum Gasteiger partial charge on any atom is 0.356 e. The summed E-state index contributed by atoms with van der Waals surface area (Å²) in [6, 6.07) is 7.62. The molecule has 0 fully saturated rings.